The van der Waals surface area contributed by atoms with Crippen LogP contribution >= 0.6 is 15.9 Å². The summed E-state index contributed by atoms with van der Waals surface area (Å²) in [6.07, 6.45) is 3.44. The minimum absolute atomic E-state index is 0.0163. The molecule has 0 saturated heterocycles. The molecule has 18 heavy (non-hydrogen) atoms. The first-order chi connectivity index (χ1) is 8.75. The van der Waals surface area contributed by atoms with Crippen LogP contribution in [0.1, 0.15) is 0 Å². The van der Waals surface area contributed by atoms with Gasteiger partial charge in [0.15, 0.2) is 0 Å². The molecule has 5 heteroatoms. The van der Waals surface area contributed by atoms with Gasteiger partial charge in [0.2, 0.25) is 5.91 Å². The monoisotopic (exact) mass is 303 g/mol. The first-order valence-electron chi connectivity index (χ1n) is 5.51. The van der Waals surface area contributed by atoms with Crippen molar-refractivity contribution in [2.75, 3.05) is 16.8 Å². The molecule has 0 radical (unpaired) electrons. The normalized spacial score (nSPS) is 14.1. The first-order valence-corrected chi connectivity index (χ1v) is 6.31. The summed E-state index contributed by atoms with van der Waals surface area (Å²) >= 11 is 3.47. The average molecular weight is 304 g/mol. The molecule has 0 atom stereocenters. The summed E-state index contributed by atoms with van der Waals surface area (Å²) in [6.45, 7) is 0.305. The SMILES string of the molecule is O=C1CN(c2ccncc2Br)c2ccccc2N1. The molecule has 2 heterocycles. The number of nitrogens with zero attached hydrogens (tertiary/aromatic N) is 2. The molecular formula is C13H10BrN3O. The van der Waals surface area contributed by atoms with Gasteiger partial charge in [0.05, 0.1) is 21.5 Å². The number of aromatic nitrogens is 1. The lowest BCUT2D eigenvalue weighted by atomic mass is 10.1. The van der Waals surface area contributed by atoms with Crippen LogP contribution in [0.5, 0.6) is 0 Å². The van der Waals surface area contributed by atoms with Gasteiger partial charge in [0.25, 0.3) is 0 Å². The quantitative estimate of drug-likeness (QED) is 0.881. The zero-order chi connectivity index (χ0) is 12.5. The molecular weight excluding hydrogens is 294 g/mol. The fraction of sp³-hybridized carbons (Fsp3) is 0.0769. The van der Waals surface area contributed by atoms with Gasteiger partial charge < -0.3 is 10.2 Å². The standard InChI is InChI=1S/C13H10BrN3O/c14-9-7-15-6-5-11(9)17-8-13(18)16-10-3-1-2-4-12(10)17/h1-7H,8H2,(H,16,18). The van der Waals surface area contributed by atoms with Gasteiger partial charge in [-0.1, -0.05) is 12.1 Å². The van der Waals surface area contributed by atoms with E-state index in [4.69, 9.17) is 0 Å². The highest BCUT2D eigenvalue weighted by atomic mass is 79.9. The maximum Gasteiger partial charge on any atom is 0.244 e. The smallest absolute Gasteiger partial charge is 0.244 e. The Bertz CT molecular complexity index is 615. The molecule has 0 unspecified atom stereocenters. The Labute approximate surface area is 113 Å². The molecule has 0 bridgehead atoms. The Morgan fingerprint density at radius 2 is 2.06 bits per heavy atom. The molecule has 1 aromatic heterocycles. The number of anilines is 3. The summed E-state index contributed by atoms with van der Waals surface area (Å²) in [5.74, 6) is -0.0163. The Balaban J connectivity index is 2.13. The first kappa shape index (κ1) is 11.2. The maximum absolute atomic E-state index is 11.7. The predicted molar refractivity (Wildman–Crippen MR) is 74.0 cm³/mol. The van der Waals surface area contributed by atoms with Crippen LogP contribution in [0.25, 0.3) is 0 Å². The van der Waals surface area contributed by atoms with E-state index in [2.05, 4.69) is 26.2 Å². The average Bonchev–Trinajstić information content (AvgIpc) is 2.38. The molecule has 0 spiro atoms. The van der Waals surface area contributed by atoms with Crippen LogP contribution < -0.4 is 10.2 Å². The number of rotatable bonds is 1. The summed E-state index contributed by atoms with van der Waals surface area (Å²) in [7, 11) is 0. The molecule has 3 rings (SSSR count). The zero-order valence-electron chi connectivity index (χ0n) is 9.43. The molecule has 1 aliphatic heterocycles. The Hall–Kier alpha value is -1.88. The molecule has 0 saturated carbocycles. The highest BCUT2D eigenvalue weighted by Crippen LogP contribution is 2.37. The summed E-state index contributed by atoms with van der Waals surface area (Å²) in [5, 5.41) is 2.87. The second-order valence-electron chi connectivity index (χ2n) is 3.98. The Kier molecular flexibility index (Phi) is 2.76. The van der Waals surface area contributed by atoms with E-state index in [1.807, 2.05) is 35.2 Å². The summed E-state index contributed by atoms with van der Waals surface area (Å²) in [6, 6.07) is 9.64. The second kappa shape index (κ2) is 4.42. The van der Waals surface area contributed by atoms with Crippen molar-refractivity contribution in [1.82, 2.24) is 4.98 Å². The number of carbonyl (C=O) groups excluding carboxylic acids is 1. The number of carbonyl (C=O) groups is 1. The second-order valence-corrected chi connectivity index (χ2v) is 4.83. The third-order valence-corrected chi connectivity index (χ3v) is 3.42. The van der Waals surface area contributed by atoms with Gasteiger partial charge in [-0.2, -0.15) is 0 Å². The van der Waals surface area contributed by atoms with E-state index in [1.54, 1.807) is 12.4 Å². The third kappa shape index (κ3) is 1.86. The molecule has 4 nitrogen and oxygen atoms in total. The molecule has 1 amide bonds. The number of amides is 1. The van der Waals surface area contributed by atoms with Crippen molar-refractivity contribution in [2.24, 2.45) is 0 Å². The number of nitrogens with one attached hydrogen (secondary N) is 1. The maximum atomic E-state index is 11.7. The number of hydrogen-bond donors (Lipinski definition) is 1. The van der Waals surface area contributed by atoms with Crippen molar-refractivity contribution in [3.05, 3.63) is 47.2 Å². The van der Waals surface area contributed by atoms with Crippen molar-refractivity contribution in [3.63, 3.8) is 0 Å². The molecule has 1 aliphatic rings. The van der Waals surface area contributed by atoms with E-state index < -0.39 is 0 Å². The number of fused-ring (bicyclic) bond motifs is 1. The third-order valence-electron chi connectivity index (χ3n) is 2.81. The van der Waals surface area contributed by atoms with Gasteiger partial charge in [0, 0.05) is 12.4 Å². The van der Waals surface area contributed by atoms with E-state index in [-0.39, 0.29) is 5.91 Å². The van der Waals surface area contributed by atoms with Crippen molar-refractivity contribution >= 4 is 38.9 Å². The van der Waals surface area contributed by atoms with Crippen molar-refractivity contribution in [3.8, 4) is 0 Å². The fourth-order valence-electron chi connectivity index (χ4n) is 2.03. The van der Waals surface area contributed by atoms with E-state index in [0.29, 0.717) is 6.54 Å². The summed E-state index contributed by atoms with van der Waals surface area (Å²) in [5.41, 5.74) is 2.76. The molecule has 2 aromatic rings. The largest absolute Gasteiger partial charge is 0.329 e. The number of pyridine rings is 1. The van der Waals surface area contributed by atoms with Crippen LogP contribution in [-0.4, -0.2) is 17.4 Å². The lowest BCUT2D eigenvalue weighted by molar-refractivity contribution is -0.115. The highest BCUT2D eigenvalue weighted by molar-refractivity contribution is 9.10. The predicted octanol–water partition coefficient (Wildman–Crippen LogP) is 2.93. The minimum Gasteiger partial charge on any atom is -0.329 e. The zero-order valence-corrected chi connectivity index (χ0v) is 11.0. The van der Waals surface area contributed by atoms with Crippen molar-refractivity contribution < 1.29 is 4.79 Å². The van der Waals surface area contributed by atoms with Crippen LogP contribution in [0.4, 0.5) is 17.1 Å². The van der Waals surface area contributed by atoms with Gasteiger partial charge in [-0.25, -0.2) is 0 Å². The van der Waals surface area contributed by atoms with Crippen LogP contribution in [0, 0.1) is 0 Å². The van der Waals surface area contributed by atoms with E-state index in [9.17, 15) is 4.79 Å². The molecule has 0 aliphatic carbocycles. The number of hydrogen-bond acceptors (Lipinski definition) is 3. The van der Waals surface area contributed by atoms with E-state index >= 15 is 0 Å². The van der Waals surface area contributed by atoms with Crippen LogP contribution in [0.2, 0.25) is 0 Å². The Morgan fingerprint density at radius 3 is 2.89 bits per heavy atom. The van der Waals surface area contributed by atoms with Crippen LogP contribution in [0.15, 0.2) is 47.2 Å². The lowest BCUT2D eigenvalue weighted by Crippen LogP contribution is -2.35. The van der Waals surface area contributed by atoms with Gasteiger partial charge >= 0.3 is 0 Å². The summed E-state index contributed by atoms with van der Waals surface area (Å²) in [4.78, 5) is 17.7. The van der Waals surface area contributed by atoms with E-state index in [0.717, 1.165) is 21.5 Å². The van der Waals surface area contributed by atoms with Crippen LogP contribution in [0.3, 0.4) is 0 Å². The minimum atomic E-state index is -0.0163. The highest BCUT2D eigenvalue weighted by Gasteiger charge is 2.23. The number of benzene rings is 1. The van der Waals surface area contributed by atoms with Gasteiger partial charge in [-0.05, 0) is 34.1 Å². The van der Waals surface area contributed by atoms with Crippen molar-refractivity contribution in [2.45, 2.75) is 0 Å². The van der Waals surface area contributed by atoms with Gasteiger partial charge in [-0.15, -0.1) is 0 Å². The molecule has 1 aromatic carbocycles. The van der Waals surface area contributed by atoms with Crippen LogP contribution in [-0.2, 0) is 4.79 Å². The molecule has 90 valence electrons. The fourth-order valence-corrected chi connectivity index (χ4v) is 2.50. The van der Waals surface area contributed by atoms with Gasteiger partial charge in [-0.3, -0.25) is 9.78 Å². The molecule has 1 N–H and O–H groups in total. The van der Waals surface area contributed by atoms with Crippen molar-refractivity contribution in [1.29, 1.82) is 0 Å². The number of halogens is 1. The topological polar surface area (TPSA) is 45.2 Å². The number of para-hydroxylation sites is 2. The van der Waals surface area contributed by atoms with E-state index in [1.165, 1.54) is 0 Å². The Morgan fingerprint density at radius 1 is 1.22 bits per heavy atom. The lowest BCUT2D eigenvalue weighted by Gasteiger charge is -2.31. The summed E-state index contributed by atoms with van der Waals surface area (Å²) < 4.78 is 0.870. The molecule has 0 fully saturated rings. The van der Waals surface area contributed by atoms with Gasteiger partial charge in [0.1, 0.15) is 6.54 Å².